The van der Waals surface area contributed by atoms with E-state index in [0.717, 1.165) is 5.56 Å². The minimum Gasteiger partial charge on any atom is -0.504 e. The number of aromatic hydroxyl groups is 3. The lowest BCUT2D eigenvalue weighted by Gasteiger charge is -2.63. The van der Waals surface area contributed by atoms with Gasteiger partial charge in [-0.25, -0.2) is 4.79 Å². The lowest BCUT2D eigenvalue weighted by Crippen LogP contribution is -2.78. The fourth-order valence-corrected chi connectivity index (χ4v) is 8.84. The second-order valence-corrected chi connectivity index (χ2v) is 15.4. The number of phenolic OH excluding ortho intramolecular Hbond substituents is 3. The molecule has 7 atom stereocenters. The molecule has 3 aromatic carbocycles. The number of aryl methyl sites for hydroxylation is 1. The summed E-state index contributed by atoms with van der Waals surface area (Å²) in [6.07, 6.45) is 4.48. The molecule has 1 aliphatic carbocycles. The molecule has 3 fully saturated rings. The second kappa shape index (κ2) is 18.2. The van der Waals surface area contributed by atoms with Crippen molar-refractivity contribution >= 4 is 29.7 Å². The molecule has 0 aromatic heterocycles. The average molecular weight is 801 g/mol. The summed E-state index contributed by atoms with van der Waals surface area (Å²) in [5.74, 6) is -4.06. The van der Waals surface area contributed by atoms with Gasteiger partial charge in [-0.2, -0.15) is 0 Å². The number of nitrogens with one attached hydrogen (secondary N) is 1. The molecule has 3 aromatic rings. The largest absolute Gasteiger partial charge is 0.504 e. The van der Waals surface area contributed by atoms with Crippen LogP contribution in [0.25, 0.3) is 12.2 Å². The molecule has 2 aliphatic heterocycles. The smallest absolute Gasteiger partial charge is 0.336 e. The first kappa shape index (κ1) is 42.5. The predicted octanol–water partition coefficient (Wildman–Crippen LogP) is 3.77. The Bertz CT molecular complexity index is 2000. The van der Waals surface area contributed by atoms with Crippen molar-refractivity contribution in [3.8, 4) is 23.0 Å². The van der Waals surface area contributed by atoms with Gasteiger partial charge >= 0.3 is 5.97 Å². The second-order valence-electron chi connectivity index (χ2n) is 15.4. The zero-order valence-corrected chi connectivity index (χ0v) is 32.4. The van der Waals surface area contributed by atoms with Gasteiger partial charge in [-0.15, -0.1) is 0 Å². The molecule has 2 bridgehead atoms. The third-order valence-corrected chi connectivity index (χ3v) is 11.5. The van der Waals surface area contributed by atoms with Crippen molar-refractivity contribution in [3.63, 3.8) is 0 Å². The summed E-state index contributed by atoms with van der Waals surface area (Å²) in [5.41, 5.74) is 2.34. The molecule has 2 saturated heterocycles. The number of ketones is 2. The number of aliphatic hydroxyl groups is 1. The molecule has 0 unspecified atom stereocenters. The van der Waals surface area contributed by atoms with E-state index < -0.39 is 59.7 Å². The SMILES string of the molecule is CNC[C@@]12O[C@@]3(C(=O)/C=C/c4ccc(O)c(O)c4)CC[C@@H]1[C@](OCC(=O)/C=C/c1ccc(OCCN)c(O)c1)(C(=O)O)C[C@@H](O)[C@H]2OC[C@H](CCc1ccccc1)C3. The Kier molecular flexibility index (Phi) is 13.4. The van der Waals surface area contributed by atoms with E-state index in [-0.39, 0.29) is 80.3 Å². The Hall–Kier alpha value is -5.09. The van der Waals surface area contributed by atoms with E-state index in [0.29, 0.717) is 24.0 Å². The summed E-state index contributed by atoms with van der Waals surface area (Å²) in [4.78, 5) is 41.3. The fraction of sp³-hybridized carbons (Fsp3) is 0.432. The van der Waals surface area contributed by atoms with Crippen LogP contribution in [0, 0.1) is 11.8 Å². The van der Waals surface area contributed by atoms with Crippen LogP contribution in [0.5, 0.6) is 23.0 Å². The summed E-state index contributed by atoms with van der Waals surface area (Å²) in [6.45, 7) is -0.0173. The molecule has 310 valence electrons. The van der Waals surface area contributed by atoms with E-state index in [9.17, 15) is 39.9 Å². The molecule has 8 N–H and O–H groups in total. The number of aliphatic hydroxyl groups excluding tert-OH is 1. The summed E-state index contributed by atoms with van der Waals surface area (Å²) < 4.78 is 25.2. The van der Waals surface area contributed by atoms with Crippen LogP contribution in [0.3, 0.4) is 0 Å². The van der Waals surface area contributed by atoms with Gasteiger partial charge in [0.1, 0.15) is 30.5 Å². The third kappa shape index (κ3) is 8.97. The van der Waals surface area contributed by atoms with Gasteiger partial charge in [-0.05, 0) is 98.2 Å². The number of likely N-dealkylation sites (N-methyl/N-ethyl adjacent to an activating group) is 1. The summed E-state index contributed by atoms with van der Waals surface area (Å²) in [6, 6.07) is 18.7. The number of ether oxygens (including phenoxy) is 4. The molecule has 58 heavy (non-hydrogen) atoms. The summed E-state index contributed by atoms with van der Waals surface area (Å²) >= 11 is 0. The van der Waals surface area contributed by atoms with Gasteiger partial charge in [0.2, 0.25) is 0 Å². The molecule has 0 radical (unpaired) electrons. The molecule has 14 nitrogen and oxygen atoms in total. The van der Waals surface area contributed by atoms with Crippen LogP contribution in [0.2, 0.25) is 0 Å². The highest BCUT2D eigenvalue weighted by Gasteiger charge is 2.71. The van der Waals surface area contributed by atoms with Crippen molar-refractivity contribution in [1.29, 1.82) is 0 Å². The lowest BCUT2D eigenvalue weighted by atomic mass is 9.58. The Labute approximate surface area is 336 Å². The monoisotopic (exact) mass is 800 g/mol. The van der Waals surface area contributed by atoms with Gasteiger partial charge in [0.25, 0.3) is 0 Å². The molecule has 1 saturated carbocycles. The summed E-state index contributed by atoms with van der Waals surface area (Å²) in [5, 5.41) is 56.2. The van der Waals surface area contributed by atoms with Crippen molar-refractivity contribution in [2.75, 3.05) is 40.0 Å². The van der Waals surface area contributed by atoms with E-state index in [1.54, 1.807) is 19.2 Å². The Balaban J connectivity index is 1.31. The predicted molar refractivity (Wildman–Crippen MR) is 213 cm³/mol. The Morgan fingerprint density at radius 1 is 0.948 bits per heavy atom. The van der Waals surface area contributed by atoms with Gasteiger partial charge < -0.3 is 55.5 Å². The molecule has 0 spiro atoms. The average Bonchev–Trinajstić information content (AvgIpc) is 3.20. The number of carbonyl (C=O) groups is 3. The lowest BCUT2D eigenvalue weighted by molar-refractivity contribution is -0.332. The van der Waals surface area contributed by atoms with E-state index >= 15 is 0 Å². The van der Waals surface area contributed by atoms with Crippen molar-refractivity contribution in [2.24, 2.45) is 17.6 Å². The van der Waals surface area contributed by atoms with Gasteiger partial charge in [0, 0.05) is 25.4 Å². The number of fused-ring (bicyclic) bond motifs is 1. The Morgan fingerprint density at radius 3 is 2.36 bits per heavy atom. The number of benzene rings is 3. The molecule has 14 heteroatoms. The minimum atomic E-state index is -2.11. The fourth-order valence-electron chi connectivity index (χ4n) is 8.84. The minimum absolute atomic E-state index is 0.0145. The van der Waals surface area contributed by atoms with Crippen LogP contribution >= 0.6 is 0 Å². The van der Waals surface area contributed by atoms with Gasteiger partial charge in [0.15, 0.2) is 40.2 Å². The number of aliphatic carboxylic acids is 1. The van der Waals surface area contributed by atoms with E-state index in [4.69, 9.17) is 24.7 Å². The van der Waals surface area contributed by atoms with Crippen molar-refractivity contribution in [3.05, 3.63) is 95.6 Å². The van der Waals surface area contributed by atoms with E-state index in [1.807, 2.05) is 30.3 Å². The number of hydrogen-bond acceptors (Lipinski definition) is 13. The van der Waals surface area contributed by atoms with Crippen molar-refractivity contribution in [2.45, 2.75) is 67.5 Å². The van der Waals surface area contributed by atoms with Crippen LogP contribution in [0.1, 0.15) is 48.8 Å². The first-order valence-electron chi connectivity index (χ1n) is 19.5. The number of hydrogen-bond donors (Lipinski definition) is 7. The quantitative estimate of drug-likeness (QED) is 0.0762. The highest BCUT2D eigenvalue weighted by molar-refractivity contribution is 6.00. The Morgan fingerprint density at radius 2 is 1.67 bits per heavy atom. The molecular formula is C44H52N2O12. The first-order chi connectivity index (χ1) is 27.8. The number of carbonyl (C=O) groups excluding carboxylic acids is 2. The molecule has 6 rings (SSSR count). The van der Waals surface area contributed by atoms with Crippen LogP contribution in [-0.4, -0.2) is 112 Å². The molecule has 2 heterocycles. The van der Waals surface area contributed by atoms with Crippen LogP contribution in [0.15, 0.2) is 78.9 Å². The van der Waals surface area contributed by atoms with E-state index in [1.165, 1.54) is 48.6 Å². The third-order valence-electron chi connectivity index (χ3n) is 11.5. The van der Waals surface area contributed by atoms with Gasteiger partial charge in [-0.1, -0.05) is 54.6 Å². The van der Waals surface area contributed by atoms with Crippen LogP contribution < -0.4 is 15.8 Å². The molecule has 0 amide bonds. The molecular weight excluding hydrogens is 748 g/mol. The maximum absolute atomic E-state index is 14.6. The highest BCUT2D eigenvalue weighted by atomic mass is 16.6. The molecule has 3 aliphatic rings. The number of phenols is 3. The van der Waals surface area contributed by atoms with Gasteiger partial charge in [0.05, 0.1) is 12.7 Å². The van der Waals surface area contributed by atoms with Crippen molar-refractivity contribution in [1.82, 2.24) is 5.32 Å². The van der Waals surface area contributed by atoms with Crippen LogP contribution in [0.4, 0.5) is 0 Å². The number of nitrogens with two attached hydrogens (primary N) is 1. The van der Waals surface area contributed by atoms with Crippen molar-refractivity contribution < 1.29 is 58.9 Å². The summed E-state index contributed by atoms with van der Waals surface area (Å²) in [7, 11) is 1.66. The zero-order chi connectivity index (χ0) is 41.5. The van der Waals surface area contributed by atoms with Gasteiger partial charge in [-0.3, -0.25) is 9.59 Å². The van der Waals surface area contributed by atoms with Crippen LogP contribution in [-0.2, 0) is 35.0 Å². The zero-order valence-electron chi connectivity index (χ0n) is 32.4. The normalized spacial score (nSPS) is 28.2. The topological polar surface area (TPSA) is 227 Å². The number of rotatable bonds is 17. The maximum Gasteiger partial charge on any atom is 0.336 e. The number of carboxylic acids is 1. The standard InChI is InChI=1S/C44H52N2O12/c1-46-27-44-38-17-18-42(58-44,39(52)16-12-30-10-14-33(48)34(49)21-30)23-31(8-7-28-5-3-2-4-6-28)25-56-40(44)36(51)24-43(38,41(53)54)57-26-32(47)13-9-29-11-15-37(35(50)22-29)55-20-19-45/h2-6,9-16,21-22,31,36,38,40,46,48-51H,7-8,17-20,23-27,45H2,1H3,(H,53,54)/b13-9+,16-12+/t31-,36-,38-,40-,42+,43+,44-/m1/s1. The first-order valence-corrected chi connectivity index (χ1v) is 19.5. The number of carboxylic acid groups (broad SMARTS) is 1. The highest BCUT2D eigenvalue weighted by Crippen LogP contribution is 2.56. The van der Waals surface area contributed by atoms with E-state index in [2.05, 4.69) is 5.32 Å². The maximum atomic E-state index is 14.6.